The first kappa shape index (κ1) is 22.4. The van der Waals surface area contributed by atoms with Gasteiger partial charge in [-0.25, -0.2) is 14.8 Å². The Hall–Kier alpha value is -3.27. The molecule has 1 heterocycles. The molecule has 31 heavy (non-hydrogen) atoms. The Bertz CT molecular complexity index is 1040. The molecule has 1 aromatic heterocycles. The third-order valence-corrected chi connectivity index (χ3v) is 4.39. The van der Waals surface area contributed by atoms with Crippen molar-refractivity contribution < 1.29 is 27.4 Å². The second-order valence-corrected chi connectivity index (χ2v) is 6.54. The molecule has 0 amide bonds. The minimum Gasteiger partial charge on any atom is -0.462 e. The van der Waals surface area contributed by atoms with Crippen LogP contribution in [0.4, 0.5) is 24.8 Å². The van der Waals surface area contributed by atoms with Gasteiger partial charge in [0.1, 0.15) is 5.75 Å². The van der Waals surface area contributed by atoms with E-state index in [1.54, 1.807) is 37.4 Å². The van der Waals surface area contributed by atoms with Crippen LogP contribution < -0.4 is 10.1 Å². The molecule has 0 fully saturated rings. The van der Waals surface area contributed by atoms with Crippen molar-refractivity contribution in [1.29, 1.82) is 0 Å². The van der Waals surface area contributed by atoms with Crippen LogP contribution in [0.15, 0.2) is 54.7 Å². The molecule has 6 nitrogen and oxygen atoms in total. The highest BCUT2D eigenvalue weighted by molar-refractivity contribution is 7.79. The van der Waals surface area contributed by atoms with Crippen LogP contribution in [0.25, 0.3) is 11.3 Å². The number of nitrogens with zero attached hydrogens (tertiary/aromatic N) is 2. The van der Waals surface area contributed by atoms with Crippen LogP contribution in [0, 0.1) is 0 Å². The Morgan fingerprint density at radius 3 is 2.35 bits per heavy atom. The van der Waals surface area contributed by atoms with Crippen molar-refractivity contribution in [2.45, 2.75) is 19.0 Å². The van der Waals surface area contributed by atoms with E-state index in [4.69, 9.17) is 4.74 Å². The first-order valence-corrected chi connectivity index (χ1v) is 9.79. The lowest BCUT2D eigenvalue weighted by Gasteiger charge is -2.12. The molecule has 3 aromatic rings. The fraction of sp³-hybridized carbons (Fsp3) is 0.190. The number of thiol groups is 1. The predicted molar refractivity (Wildman–Crippen MR) is 113 cm³/mol. The topological polar surface area (TPSA) is 73.3 Å². The van der Waals surface area contributed by atoms with E-state index in [2.05, 4.69) is 32.7 Å². The first-order valence-electron chi connectivity index (χ1n) is 9.16. The number of carbonyl (C=O) groups is 1. The van der Waals surface area contributed by atoms with Crippen LogP contribution in [0.1, 0.15) is 22.8 Å². The van der Waals surface area contributed by atoms with Gasteiger partial charge in [-0.3, -0.25) is 0 Å². The first-order chi connectivity index (χ1) is 14.8. The monoisotopic (exact) mass is 449 g/mol. The molecule has 162 valence electrons. The van der Waals surface area contributed by atoms with Crippen molar-refractivity contribution >= 4 is 30.2 Å². The summed E-state index contributed by atoms with van der Waals surface area (Å²) in [4.78, 5) is 20.5. The molecule has 0 aliphatic carbocycles. The predicted octanol–water partition coefficient (Wildman–Crippen LogP) is 5.39. The molecule has 0 aliphatic rings. The van der Waals surface area contributed by atoms with Crippen molar-refractivity contribution in [1.82, 2.24) is 9.97 Å². The largest absolute Gasteiger partial charge is 0.573 e. The minimum atomic E-state index is -4.76. The number of anilines is 2. The van der Waals surface area contributed by atoms with Gasteiger partial charge in [-0.1, -0.05) is 0 Å². The summed E-state index contributed by atoms with van der Waals surface area (Å²) in [5.74, 6) is -0.119. The third kappa shape index (κ3) is 6.11. The quantitative estimate of drug-likeness (QED) is 0.372. The highest BCUT2D eigenvalue weighted by Crippen LogP contribution is 2.29. The fourth-order valence-corrected chi connectivity index (χ4v) is 2.91. The number of halogens is 3. The molecule has 0 unspecified atom stereocenters. The molecule has 0 radical (unpaired) electrons. The van der Waals surface area contributed by atoms with Crippen molar-refractivity contribution in [3.63, 3.8) is 0 Å². The zero-order chi connectivity index (χ0) is 22.4. The summed E-state index contributed by atoms with van der Waals surface area (Å²) in [6, 6.07) is 12.0. The standard InChI is InChI=1S/C21H18F3N3O3S/c1-2-29-19(28)14-3-7-16(8-4-14)26-20-25-11-15(12-31)18(27-20)13-5-9-17(10-6-13)30-21(22,23)24/h3-11,31H,2,12H2,1H3,(H,25,26,27). The fourth-order valence-electron chi connectivity index (χ4n) is 2.68. The Kier molecular flexibility index (Phi) is 7.01. The summed E-state index contributed by atoms with van der Waals surface area (Å²) in [6.07, 6.45) is -3.17. The van der Waals surface area contributed by atoms with Gasteiger partial charge in [0.25, 0.3) is 0 Å². The van der Waals surface area contributed by atoms with E-state index in [1.165, 1.54) is 24.3 Å². The lowest BCUT2D eigenvalue weighted by molar-refractivity contribution is -0.274. The molecule has 0 atom stereocenters. The summed E-state index contributed by atoms with van der Waals surface area (Å²) in [5, 5.41) is 3.03. The van der Waals surface area contributed by atoms with Gasteiger partial charge in [-0.05, 0) is 55.5 Å². The Labute approximate surface area is 181 Å². The van der Waals surface area contributed by atoms with E-state index < -0.39 is 12.3 Å². The number of ether oxygens (including phenoxy) is 2. The zero-order valence-electron chi connectivity index (χ0n) is 16.3. The highest BCUT2D eigenvalue weighted by Gasteiger charge is 2.31. The van der Waals surface area contributed by atoms with Gasteiger partial charge < -0.3 is 14.8 Å². The Morgan fingerprint density at radius 2 is 1.77 bits per heavy atom. The van der Waals surface area contributed by atoms with Crippen LogP contribution in [-0.2, 0) is 10.5 Å². The Balaban J connectivity index is 1.81. The number of nitrogens with one attached hydrogen (secondary N) is 1. The summed E-state index contributed by atoms with van der Waals surface area (Å²) in [6.45, 7) is 2.02. The van der Waals surface area contributed by atoms with E-state index in [-0.39, 0.29) is 18.3 Å². The molecule has 0 aliphatic heterocycles. The number of rotatable bonds is 7. The summed E-state index contributed by atoms with van der Waals surface area (Å²) < 4.78 is 45.9. The maximum atomic E-state index is 12.4. The van der Waals surface area contributed by atoms with E-state index >= 15 is 0 Å². The average Bonchev–Trinajstić information content (AvgIpc) is 2.74. The number of hydrogen-bond acceptors (Lipinski definition) is 7. The van der Waals surface area contributed by atoms with Crippen LogP contribution in [0.3, 0.4) is 0 Å². The molecule has 10 heteroatoms. The molecule has 0 saturated carbocycles. The number of alkyl halides is 3. The molecular weight excluding hydrogens is 431 g/mol. The Morgan fingerprint density at radius 1 is 1.10 bits per heavy atom. The lowest BCUT2D eigenvalue weighted by atomic mass is 10.1. The molecular formula is C21H18F3N3O3S. The number of hydrogen-bond donors (Lipinski definition) is 2. The molecule has 2 aromatic carbocycles. The number of benzene rings is 2. The third-order valence-electron chi connectivity index (χ3n) is 4.05. The van der Waals surface area contributed by atoms with E-state index in [1.807, 2.05) is 0 Å². The van der Waals surface area contributed by atoms with E-state index in [0.29, 0.717) is 33.8 Å². The second-order valence-electron chi connectivity index (χ2n) is 6.22. The van der Waals surface area contributed by atoms with Gasteiger partial charge >= 0.3 is 12.3 Å². The smallest absolute Gasteiger partial charge is 0.462 e. The van der Waals surface area contributed by atoms with Gasteiger partial charge in [-0.2, -0.15) is 12.6 Å². The average molecular weight is 449 g/mol. The van der Waals surface area contributed by atoms with Crippen molar-refractivity contribution in [3.8, 4) is 17.0 Å². The maximum absolute atomic E-state index is 12.4. The molecule has 3 rings (SSSR count). The molecule has 1 N–H and O–H groups in total. The molecule has 0 spiro atoms. The molecule has 0 saturated heterocycles. The van der Waals surface area contributed by atoms with Gasteiger partial charge in [0.2, 0.25) is 5.95 Å². The van der Waals surface area contributed by atoms with Gasteiger partial charge in [0.05, 0.1) is 17.9 Å². The van der Waals surface area contributed by atoms with Crippen LogP contribution in [0.5, 0.6) is 5.75 Å². The summed E-state index contributed by atoms with van der Waals surface area (Å²) in [5.41, 5.74) is 2.87. The van der Waals surface area contributed by atoms with Crippen molar-refractivity contribution in [2.24, 2.45) is 0 Å². The van der Waals surface area contributed by atoms with Crippen molar-refractivity contribution in [3.05, 3.63) is 65.9 Å². The normalized spacial score (nSPS) is 11.1. The second kappa shape index (κ2) is 9.69. The number of esters is 1. The van der Waals surface area contributed by atoms with Gasteiger partial charge in [-0.15, -0.1) is 13.2 Å². The zero-order valence-corrected chi connectivity index (χ0v) is 17.2. The summed E-state index contributed by atoms with van der Waals surface area (Å²) >= 11 is 4.27. The SMILES string of the molecule is CCOC(=O)c1ccc(Nc2ncc(CS)c(-c3ccc(OC(F)(F)F)cc3)n2)cc1. The van der Waals surface area contributed by atoms with E-state index in [9.17, 15) is 18.0 Å². The van der Waals surface area contributed by atoms with Crippen LogP contribution in [0.2, 0.25) is 0 Å². The lowest BCUT2D eigenvalue weighted by Crippen LogP contribution is -2.16. The van der Waals surface area contributed by atoms with Crippen molar-refractivity contribution in [2.75, 3.05) is 11.9 Å². The van der Waals surface area contributed by atoms with Gasteiger partial charge in [0, 0.05) is 28.8 Å². The number of carbonyl (C=O) groups excluding carboxylic acids is 1. The molecule has 0 bridgehead atoms. The maximum Gasteiger partial charge on any atom is 0.573 e. The minimum absolute atomic E-state index is 0.278. The van der Waals surface area contributed by atoms with Crippen LogP contribution >= 0.6 is 12.6 Å². The van der Waals surface area contributed by atoms with Gasteiger partial charge in [0.15, 0.2) is 0 Å². The van der Waals surface area contributed by atoms with E-state index in [0.717, 1.165) is 0 Å². The summed E-state index contributed by atoms with van der Waals surface area (Å²) in [7, 11) is 0. The number of aromatic nitrogens is 2. The highest BCUT2D eigenvalue weighted by atomic mass is 32.1. The van der Waals surface area contributed by atoms with Crippen LogP contribution in [-0.4, -0.2) is 28.9 Å².